The van der Waals surface area contributed by atoms with Crippen LogP contribution >= 0.6 is 0 Å². The standard InChI is InChI=1S/C20H18F3N3O2/c21-20(22,23)13-6-1-4-10-17(13)28-12-18(27)26-11-5-9-16(26)19-24-14-7-2-3-8-15(14)25-19/h1-4,6-8,10,16H,5,9,11-12H2,(H,24,25). The SMILES string of the molecule is O=C(COc1ccccc1C(F)(F)F)N1CCCC1c1nc2ccccc2[nH]1. The second-order valence-electron chi connectivity index (χ2n) is 6.67. The summed E-state index contributed by atoms with van der Waals surface area (Å²) in [6, 6.07) is 12.2. The molecule has 0 saturated carbocycles. The number of nitrogens with zero attached hydrogens (tertiary/aromatic N) is 2. The fourth-order valence-electron chi connectivity index (χ4n) is 3.53. The van der Waals surface area contributed by atoms with Crippen LogP contribution in [0.25, 0.3) is 11.0 Å². The van der Waals surface area contributed by atoms with Crippen LogP contribution in [0.2, 0.25) is 0 Å². The second-order valence-corrected chi connectivity index (χ2v) is 6.67. The Labute approximate surface area is 159 Å². The molecule has 146 valence electrons. The van der Waals surface area contributed by atoms with Crippen LogP contribution in [-0.2, 0) is 11.0 Å². The molecule has 0 radical (unpaired) electrons. The lowest BCUT2D eigenvalue weighted by atomic mass is 10.2. The highest BCUT2D eigenvalue weighted by Crippen LogP contribution is 2.36. The number of ether oxygens (including phenoxy) is 1. The first-order chi connectivity index (χ1) is 13.4. The Kier molecular flexibility index (Phi) is 4.70. The molecule has 5 nitrogen and oxygen atoms in total. The molecule has 3 aromatic rings. The van der Waals surface area contributed by atoms with Gasteiger partial charge >= 0.3 is 6.18 Å². The molecule has 1 aromatic heterocycles. The maximum Gasteiger partial charge on any atom is 0.419 e. The van der Waals surface area contributed by atoms with Crippen molar-refractivity contribution in [2.75, 3.05) is 13.2 Å². The van der Waals surface area contributed by atoms with E-state index in [1.54, 1.807) is 4.90 Å². The van der Waals surface area contributed by atoms with E-state index in [0.717, 1.165) is 29.9 Å². The van der Waals surface area contributed by atoms with Crippen molar-refractivity contribution in [3.63, 3.8) is 0 Å². The number of amides is 1. The zero-order chi connectivity index (χ0) is 19.7. The van der Waals surface area contributed by atoms with Gasteiger partial charge in [0.1, 0.15) is 11.6 Å². The van der Waals surface area contributed by atoms with Gasteiger partial charge in [-0.2, -0.15) is 13.2 Å². The molecule has 1 N–H and O–H groups in total. The molecule has 28 heavy (non-hydrogen) atoms. The number of aromatic nitrogens is 2. The predicted octanol–water partition coefficient (Wildman–Crippen LogP) is 4.32. The van der Waals surface area contributed by atoms with Crippen molar-refractivity contribution in [3.05, 3.63) is 59.9 Å². The maximum absolute atomic E-state index is 13.1. The topological polar surface area (TPSA) is 58.2 Å². The quantitative estimate of drug-likeness (QED) is 0.723. The zero-order valence-corrected chi connectivity index (χ0v) is 14.9. The highest BCUT2D eigenvalue weighted by atomic mass is 19.4. The van der Waals surface area contributed by atoms with E-state index in [0.29, 0.717) is 12.4 Å². The number of H-pyrrole nitrogens is 1. The number of aromatic amines is 1. The number of carbonyl (C=O) groups excluding carboxylic acids is 1. The van der Waals surface area contributed by atoms with Crippen LogP contribution in [0.4, 0.5) is 13.2 Å². The van der Waals surface area contributed by atoms with Crippen LogP contribution in [-0.4, -0.2) is 33.9 Å². The van der Waals surface area contributed by atoms with E-state index in [4.69, 9.17) is 4.74 Å². The summed E-state index contributed by atoms with van der Waals surface area (Å²) in [4.78, 5) is 22.1. The first-order valence-corrected chi connectivity index (χ1v) is 8.96. The molecule has 0 bridgehead atoms. The van der Waals surface area contributed by atoms with E-state index in [2.05, 4.69) is 9.97 Å². The van der Waals surface area contributed by atoms with Crippen molar-refractivity contribution in [1.29, 1.82) is 0 Å². The Balaban J connectivity index is 1.49. The van der Waals surface area contributed by atoms with Crippen molar-refractivity contribution in [2.24, 2.45) is 0 Å². The van der Waals surface area contributed by atoms with Gasteiger partial charge in [-0.3, -0.25) is 4.79 Å². The predicted molar refractivity (Wildman–Crippen MR) is 96.7 cm³/mol. The van der Waals surface area contributed by atoms with Crippen LogP contribution in [0.15, 0.2) is 48.5 Å². The number of hydrogen-bond acceptors (Lipinski definition) is 3. The number of likely N-dealkylation sites (tertiary alicyclic amines) is 1. The summed E-state index contributed by atoms with van der Waals surface area (Å²) in [5.74, 6) is -0.0227. The third kappa shape index (κ3) is 3.54. The monoisotopic (exact) mass is 389 g/mol. The van der Waals surface area contributed by atoms with Gasteiger partial charge in [0.15, 0.2) is 6.61 Å². The largest absolute Gasteiger partial charge is 0.483 e. The van der Waals surface area contributed by atoms with E-state index in [1.165, 1.54) is 18.2 Å². The minimum absolute atomic E-state index is 0.235. The number of nitrogens with one attached hydrogen (secondary N) is 1. The lowest BCUT2D eigenvalue weighted by Crippen LogP contribution is -2.35. The van der Waals surface area contributed by atoms with Crippen LogP contribution in [0.1, 0.15) is 30.3 Å². The summed E-state index contributed by atoms with van der Waals surface area (Å²) in [6.07, 6.45) is -3.00. The zero-order valence-electron chi connectivity index (χ0n) is 14.9. The maximum atomic E-state index is 13.1. The number of alkyl halides is 3. The van der Waals surface area contributed by atoms with Crippen LogP contribution in [0, 0.1) is 0 Å². The van der Waals surface area contributed by atoms with Crippen LogP contribution in [0.3, 0.4) is 0 Å². The van der Waals surface area contributed by atoms with E-state index in [1.807, 2.05) is 24.3 Å². The smallest absolute Gasteiger partial charge is 0.419 e. The molecule has 2 aromatic carbocycles. The van der Waals surface area contributed by atoms with Gasteiger partial charge < -0.3 is 14.6 Å². The molecule has 1 fully saturated rings. The van der Waals surface area contributed by atoms with Gasteiger partial charge in [0, 0.05) is 6.54 Å². The Morgan fingerprint density at radius 1 is 1.18 bits per heavy atom. The summed E-state index contributed by atoms with van der Waals surface area (Å²) in [6.45, 7) is 0.0641. The number of halogens is 3. The fourth-order valence-corrected chi connectivity index (χ4v) is 3.53. The molecule has 2 heterocycles. The minimum atomic E-state index is -4.54. The molecule has 1 saturated heterocycles. The summed E-state index contributed by atoms with van der Waals surface area (Å²) < 4.78 is 44.5. The molecule has 4 rings (SSSR count). The summed E-state index contributed by atoms with van der Waals surface area (Å²) >= 11 is 0. The van der Waals surface area contributed by atoms with Gasteiger partial charge in [-0.05, 0) is 37.1 Å². The third-order valence-corrected chi connectivity index (χ3v) is 4.84. The highest BCUT2D eigenvalue weighted by Gasteiger charge is 2.35. The average molecular weight is 389 g/mol. The van der Waals surface area contributed by atoms with E-state index >= 15 is 0 Å². The van der Waals surface area contributed by atoms with E-state index < -0.39 is 18.3 Å². The molecule has 1 aliphatic rings. The highest BCUT2D eigenvalue weighted by molar-refractivity contribution is 5.79. The minimum Gasteiger partial charge on any atom is -0.483 e. The lowest BCUT2D eigenvalue weighted by molar-refractivity contribution is -0.141. The Morgan fingerprint density at radius 3 is 2.71 bits per heavy atom. The Hall–Kier alpha value is -3.03. The molecule has 0 spiro atoms. The molecular formula is C20H18F3N3O2. The van der Waals surface area contributed by atoms with Gasteiger partial charge in [-0.25, -0.2) is 4.98 Å². The molecule has 1 atom stereocenters. The molecule has 1 unspecified atom stereocenters. The molecule has 8 heteroatoms. The van der Waals surface area contributed by atoms with Crippen molar-refractivity contribution < 1.29 is 22.7 Å². The molecular weight excluding hydrogens is 371 g/mol. The molecule has 1 amide bonds. The number of benzene rings is 2. The van der Waals surface area contributed by atoms with Gasteiger partial charge in [-0.15, -0.1) is 0 Å². The third-order valence-electron chi connectivity index (χ3n) is 4.84. The Morgan fingerprint density at radius 2 is 1.93 bits per heavy atom. The van der Waals surface area contributed by atoms with Crippen molar-refractivity contribution >= 4 is 16.9 Å². The fraction of sp³-hybridized carbons (Fsp3) is 0.300. The van der Waals surface area contributed by atoms with Crippen LogP contribution in [0.5, 0.6) is 5.75 Å². The van der Waals surface area contributed by atoms with E-state index in [9.17, 15) is 18.0 Å². The Bertz CT molecular complexity index is 967. The van der Waals surface area contributed by atoms with Gasteiger partial charge in [0.25, 0.3) is 5.91 Å². The lowest BCUT2D eigenvalue weighted by Gasteiger charge is -2.23. The number of rotatable bonds is 4. The van der Waals surface area contributed by atoms with E-state index in [-0.39, 0.29) is 17.7 Å². The summed E-state index contributed by atoms with van der Waals surface area (Å²) in [5.41, 5.74) is 0.803. The molecule has 1 aliphatic heterocycles. The van der Waals surface area contributed by atoms with Gasteiger partial charge in [0.05, 0.1) is 22.6 Å². The first kappa shape index (κ1) is 18.3. The van der Waals surface area contributed by atoms with Crippen molar-refractivity contribution in [1.82, 2.24) is 14.9 Å². The summed E-state index contributed by atoms with van der Waals surface area (Å²) in [7, 11) is 0. The number of hydrogen-bond donors (Lipinski definition) is 1. The van der Waals surface area contributed by atoms with Crippen molar-refractivity contribution in [2.45, 2.75) is 25.1 Å². The normalized spacial score (nSPS) is 17.2. The molecule has 0 aliphatic carbocycles. The van der Waals surface area contributed by atoms with Crippen LogP contribution < -0.4 is 4.74 Å². The van der Waals surface area contributed by atoms with Crippen molar-refractivity contribution in [3.8, 4) is 5.75 Å². The number of fused-ring (bicyclic) bond motifs is 1. The number of imidazole rings is 1. The number of para-hydroxylation sites is 3. The van der Waals surface area contributed by atoms with Gasteiger partial charge in [0.2, 0.25) is 0 Å². The summed E-state index contributed by atoms with van der Waals surface area (Å²) in [5, 5.41) is 0. The average Bonchev–Trinajstić information content (AvgIpc) is 3.32. The number of carbonyl (C=O) groups is 1. The first-order valence-electron chi connectivity index (χ1n) is 8.96. The second kappa shape index (κ2) is 7.18. The van der Waals surface area contributed by atoms with Gasteiger partial charge in [-0.1, -0.05) is 24.3 Å².